The van der Waals surface area contributed by atoms with Crippen LogP contribution in [0.3, 0.4) is 0 Å². The normalized spacial score (nSPS) is 17.0. The summed E-state index contributed by atoms with van der Waals surface area (Å²) in [5.74, 6) is 0.501. The number of hydrogen-bond donors (Lipinski definition) is 1. The Hall–Kier alpha value is -1.06. The van der Waals surface area contributed by atoms with Crippen LogP contribution in [0.1, 0.15) is 23.2 Å². The maximum atomic E-state index is 12.2. The minimum atomic E-state index is -0.137. The van der Waals surface area contributed by atoms with Crippen LogP contribution in [0.4, 0.5) is 0 Å². The van der Waals surface area contributed by atoms with Crippen LogP contribution in [-0.2, 0) is 0 Å². The maximum absolute atomic E-state index is 12.2. The second kappa shape index (κ2) is 4.00. The fourth-order valence-corrected chi connectivity index (χ4v) is 3.18. The van der Waals surface area contributed by atoms with Crippen LogP contribution in [-0.4, -0.2) is 17.3 Å². The van der Waals surface area contributed by atoms with Gasteiger partial charge in [-0.25, -0.2) is 0 Å². The molecule has 1 aromatic carbocycles. The third-order valence-corrected chi connectivity index (χ3v) is 4.69. The molecule has 2 nitrogen and oxygen atoms in total. The van der Waals surface area contributed by atoms with Crippen molar-refractivity contribution < 1.29 is 4.79 Å². The van der Waals surface area contributed by atoms with Crippen molar-refractivity contribution in [3.63, 3.8) is 0 Å². The highest BCUT2D eigenvalue weighted by Gasteiger charge is 2.43. The van der Waals surface area contributed by atoms with Gasteiger partial charge in [-0.2, -0.15) is 0 Å². The summed E-state index contributed by atoms with van der Waals surface area (Å²) in [4.78, 5) is 12.2. The van der Waals surface area contributed by atoms with Gasteiger partial charge < -0.3 is 5.32 Å². The molecular formula is C13H12ClNOS. The first-order valence-corrected chi connectivity index (χ1v) is 7.00. The summed E-state index contributed by atoms with van der Waals surface area (Å²) in [5, 5.41) is 6.00. The Balaban J connectivity index is 1.91. The molecule has 4 heteroatoms. The number of alkyl halides is 1. The Kier molecular flexibility index (Phi) is 2.60. The van der Waals surface area contributed by atoms with Crippen molar-refractivity contribution in [3.05, 3.63) is 35.2 Å². The quantitative estimate of drug-likeness (QED) is 0.847. The molecule has 88 valence electrons. The van der Waals surface area contributed by atoms with Gasteiger partial charge in [0.05, 0.1) is 11.1 Å². The summed E-state index contributed by atoms with van der Waals surface area (Å²) >= 11 is 7.47. The van der Waals surface area contributed by atoms with Crippen molar-refractivity contribution in [3.8, 4) is 0 Å². The van der Waals surface area contributed by atoms with E-state index < -0.39 is 0 Å². The van der Waals surface area contributed by atoms with Gasteiger partial charge in [-0.05, 0) is 18.9 Å². The smallest absolute Gasteiger partial charge is 0.253 e. The molecule has 1 N–H and O–H groups in total. The zero-order valence-corrected chi connectivity index (χ0v) is 10.8. The molecule has 0 unspecified atom stereocenters. The number of thiophene rings is 1. The molecule has 1 aliphatic rings. The standard InChI is InChI=1S/C13H12ClNOS/c14-8-13(5-6-13)15-12(16)10-7-17-11-4-2-1-3-9(10)11/h1-4,7H,5-6,8H2,(H,15,16). The molecule has 0 radical (unpaired) electrons. The zero-order chi connectivity index (χ0) is 11.9. The number of carbonyl (C=O) groups is 1. The molecule has 0 aliphatic heterocycles. The van der Waals surface area contributed by atoms with Gasteiger partial charge in [-0.3, -0.25) is 4.79 Å². The molecule has 0 atom stereocenters. The summed E-state index contributed by atoms with van der Waals surface area (Å²) in [6.07, 6.45) is 1.98. The minimum Gasteiger partial charge on any atom is -0.345 e. The molecule has 1 saturated carbocycles. The Bertz CT molecular complexity index is 574. The molecule has 1 aromatic heterocycles. The zero-order valence-electron chi connectivity index (χ0n) is 9.20. The second-order valence-corrected chi connectivity index (χ2v) is 5.69. The summed E-state index contributed by atoms with van der Waals surface area (Å²) in [7, 11) is 0. The number of fused-ring (bicyclic) bond motifs is 1. The lowest BCUT2D eigenvalue weighted by molar-refractivity contribution is 0.0938. The first kappa shape index (κ1) is 11.1. The highest BCUT2D eigenvalue weighted by Crippen LogP contribution is 2.37. The van der Waals surface area contributed by atoms with Crippen LogP contribution in [0, 0.1) is 0 Å². The average molecular weight is 266 g/mol. The van der Waals surface area contributed by atoms with Crippen LogP contribution in [0.2, 0.25) is 0 Å². The fraction of sp³-hybridized carbons (Fsp3) is 0.308. The van der Waals surface area contributed by atoms with Crippen LogP contribution < -0.4 is 5.32 Å². The van der Waals surface area contributed by atoms with Crippen LogP contribution in [0.25, 0.3) is 10.1 Å². The molecule has 1 heterocycles. The number of hydrogen-bond acceptors (Lipinski definition) is 2. The second-order valence-electron chi connectivity index (χ2n) is 4.51. The van der Waals surface area contributed by atoms with Crippen molar-refractivity contribution in [2.24, 2.45) is 0 Å². The molecule has 0 bridgehead atoms. The lowest BCUT2D eigenvalue weighted by Crippen LogP contribution is -2.38. The topological polar surface area (TPSA) is 29.1 Å². The summed E-state index contributed by atoms with van der Waals surface area (Å²) in [6, 6.07) is 7.97. The lowest BCUT2D eigenvalue weighted by Gasteiger charge is -2.13. The van der Waals surface area contributed by atoms with Gasteiger partial charge in [0, 0.05) is 21.3 Å². The van der Waals surface area contributed by atoms with Crippen LogP contribution >= 0.6 is 22.9 Å². The Morgan fingerprint density at radius 3 is 2.88 bits per heavy atom. The largest absolute Gasteiger partial charge is 0.345 e. The number of halogens is 1. The summed E-state index contributed by atoms with van der Waals surface area (Å²) < 4.78 is 1.15. The first-order valence-electron chi connectivity index (χ1n) is 5.59. The minimum absolute atomic E-state index is 0.000556. The summed E-state index contributed by atoms with van der Waals surface area (Å²) in [6.45, 7) is 0. The Labute approximate surface area is 109 Å². The van der Waals surface area contributed by atoms with Crippen molar-refractivity contribution >= 4 is 38.9 Å². The number of carbonyl (C=O) groups excluding carboxylic acids is 1. The van der Waals surface area contributed by atoms with E-state index in [1.807, 2.05) is 29.6 Å². The van der Waals surface area contributed by atoms with E-state index >= 15 is 0 Å². The molecule has 0 spiro atoms. The average Bonchev–Trinajstić information content (AvgIpc) is 2.99. The van der Waals surface area contributed by atoms with Crippen molar-refractivity contribution in [1.82, 2.24) is 5.32 Å². The van der Waals surface area contributed by atoms with E-state index in [1.54, 1.807) is 11.3 Å². The van der Waals surface area contributed by atoms with Gasteiger partial charge in [0.2, 0.25) is 0 Å². The number of amides is 1. The molecule has 2 aromatic rings. The lowest BCUT2D eigenvalue weighted by atomic mass is 10.1. The van der Waals surface area contributed by atoms with E-state index in [9.17, 15) is 4.79 Å². The van der Waals surface area contributed by atoms with Crippen LogP contribution in [0.5, 0.6) is 0 Å². The predicted molar refractivity (Wildman–Crippen MR) is 72.0 cm³/mol. The third kappa shape index (κ3) is 1.94. The van der Waals surface area contributed by atoms with Gasteiger partial charge in [-0.1, -0.05) is 18.2 Å². The van der Waals surface area contributed by atoms with E-state index in [2.05, 4.69) is 5.32 Å². The molecule has 3 rings (SSSR count). The maximum Gasteiger partial charge on any atom is 0.253 e. The van der Waals surface area contributed by atoms with Crippen molar-refractivity contribution in [2.45, 2.75) is 18.4 Å². The highest BCUT2D eigenvalue weighted by atomic mass is 35.5. The van der Waals surface area contributed by atoms with E-state index in [-0.39, 0.29) is 11.4 Å². The van der Waals surface area contributed by atoms with Gasteiger partial charge in [0.25, 0.3) is 5.91 Å². The van der Waals surface area contributed by atoms with Gasteiger partial charge in [0.1, 0.15) is 0 Å². The van der Waals surface area contributed by atoms with E-state index in [0.717, 1.165) is 28.5 Å². The van der Waals surface area contributed by atoms with E-state index in [1.165, 1.54) is 0 Å². The first-order chi connectivity index (χ1) is 8.24. The highest BCUT2D eigenvalue weighted by molar-refractivity contribution is 7.17. The molecule has 1 amide bonds. The molecule has 17 heavy (non-hydrogen) atoms. The van der Waals surface area contributed by atoms with Gasteiger partial charge >= 0.3 is 0 Å². The number of rotatable bonds is 3. The van der Waals surface area contributed by atoms with Crippen molar-refractivity contribution in [1.29, 1.82) is 0 Å². The van der Waals surface area contributed by atoms with Gasteiger partial charge in [0.15, 0.2) is 0 Å². The van der Waals surface area contributed by atoms with Gasteiger partial charge in [-0.15, -0.1) is 22.9 Å². The molecular weight excluding hydrogens is 254 g/mol. The fourth-order valence-electron chi connectivity index (χ4n) is 1.90. The van der Waals surface area contributed by atoms with E-state index in [4.69, 9.17) is 11.6 Å². The SMILES string of the molecule is O=C(NC1(CCl)CC1)c1csc2ccccc12. The predicted octanol–water partition coefficient (Wildman–Crippen LogP) is 3.40. The Morgan fingerprint density at radius 1 is 1.41 bits per heavy atom. The monoisotopic (exact) mass is 265 g/mol. The Morgan fingerprint density at radius 2 is 2.18 bits per heavy atom. The molecule has 1 aliphatic carbocycles. The van der Waals surface area contributed by atoms with Crippen molar-refractivity contribution in [2.75, 3.05) is 5.88 Å². The third-order valence-electron chi connectivity index (χ3n) is 3.21. The number of benzene rings is 1. The molecule has 0 saturated heterocycles. The number of nitrogens with one attached hydrogen (secondary N) is 1. The molecule has 1 fully saturated rings. The summed E-state index contributed by atoms with van der Waals surface area (Å²) in [5.41, 5.74) is 0.629. The van der Waals surface area contributed by atoms with E-state index in [0.29, 0.717) is 5.88 Å². The van der Waals surface area contributed by atoms with Crippen LogP contribution in [0.15, 0.2) is 29.6 Å².